The Labute approximate surface area is 278 Å². The molecule has 0 fully saturated rings. The minimum atomic E-state index is -0.182. The maximum atomic E-state index is 5.39. The maximum absolute atomic E-state index is 5.39. The lowest BCUT2D eigenvalue weighted by molar-refractivity contribution is 0.666. The molecule has 48 heavy (non-hydrogen) atoms. The summed E-state index contributed by atoms with van der Waals surface area (Å²) < 4.78 is 2.35. The molecular weight excluding hydrogens is 583 g/mol. The standard InChI is InChI=1S/C45H31N3/c1-45(2)38-14-8-7-13-36(38)37-23-24-39-41(42(37)45)43-40(27-46-44(47-43)34-18-16-29-10-4-6-12-32(29)26-34)48(39)35-21-19-30(20-22-35)33-17-15-28-9-3-5-11-31(28)25-33/h3-27H,1-2H3. The predicted molar refractivity (Wildman–Crippen MR) is 200 cm³/mol. The summed E-state index contributed by atoms with van der Waals surface area (Å²) in [5, 5.41) is 6.10. The monoisotopic (exact) mass is 613 g/mol. The molecule has 10 rings (SSSR count). The predicted octanol–water partition coefficient (Wildman–Crippen LogP) is 11.5. The van der Waals surface area contributed by atoms with Gasteiger partial charge in [-0.2, -0.15) is 0 Å². The van der Waals surface area contributed by atoms with Crippen molar-refractivity contribution in [3.63, 3.8) is 0 Å². The molecule has 2 aromatic heterocycles. The van der Waals surface area contributed by atoms with E-state index in [2.05, 4.69) is 164 Å². The maximum Gasteiger partial charge on any atom is 0.159 e. The Hall–Kier alpha value is -6.06. The van der Waals surface area contributed by atoms with E-state index < -0.39 is 0 Å². The second-order valence-electron chi connectivity index (χ2n) is 13.5. The molecule has 9 aromatic rings. The molecule has 0 amide bonds. The Bertz CT molecular complexity index is 2750. The van der Waals surface area contributed by atoms with Crippen LogP contribution >= 0.6 is 0 Å². The van der Waals surface area contributed by atoms with Crippen LogP contribution < -0.4 is 0 Å². The molecule has 0 N–H and O–H groups in total. The Balaban J connectivity index is 1.20. The summed E-state index contributed by atoms with van der Waals surface area (Å²) in [5.74, 6) is 0.741. The van der Waals surface area contributed by atoms with Crippen molar-refractivity contribution in [2.45, 2.75) is 19.3 Å². The van der Waals surface area contributed by atoms with Crippen LogP contribution in [-0.4, -0.2) is 14.5 Å². The molecule has 0 aliphatic heterocycles. The second kappa shape index (κ2) is 9.97. The number of rotatable bonds is 3. The topological polar surface area (TPSA) is 30.7 Å². The van der Waals surface area contributed by atoms with E-state index in [1.165, 1.54) is 60.3 Å². The van der Waals surface area contributed by atoms with Gasteiger partial charge in [0.2, 0.25) is 0 Å². The fraction of sp³-hybridized carbons (Fsp3) is 0.0667. The zero-order valence-electron chi connectivity index (χ0n) is 26.8. The largest absolute Gasteiger partial charge is 0.306 e. The summed E-state index contributed by atoms with van der Waals surface area (Å²) in [4.78, 5) is 10.4. The molecule has 0 atom stereocenters. The lowest BCUT2D eigenvalue weighted by Crippen LogP contribution is -2.15. The van der Waals surface area contributed by atoms with E-state index in [-0.39, 0.29) is 5.41 Å². The van der Waals surface area contributed by atoms with Crippen LogP contribution in [0.25, 0.3) is 82.8 Å². The van der Waals surface area contributed by atoms with Crippen molar-refractivity contribution in [3.8, 4) is 39.3 Å². The van der Waals surface area contributed by atoms with Gasteiger partial charge in [-0.05, 0) is 85.3 Å². The van der Waals surface area contributed by atoms with E-state index in [9.17, 15) is 0 Å². The normalized spacial score (nSPS) is 13.4. The molecule has 1 aliphatic rings. The molecule has 0 bridgehead atoms. The molecule has 3 heteroatoms. The van der Waals surface area contributed by atoms with Crippen LogP contribution in [-0.2, 0) is 5.41 Å². The van der Waals surface area contributed by atoms with Crippen molar-refractivity contribution in [3.05, 3.63) is 163 Å². The van der Waals surface area contributed by atoms with Crippen molar-refractivity contribution < 1.29 is 0 Å². The van der Waals surface area contributed by atoms with Gasteiger partial charge in [-0.1, -0.05) is 129 Å². The van der Waals surface area contributed by atoms with Crippen molar-refractivity contribution in [2.24, 2.45) is 0 Å². The van der Waals surface area contributed by atoms with Crippen molar-refractivity contribution in [1.82, 2.24) is 14.5 Å². The average Bonchev–Trinajstić information content (AvgIpc) is 3.59. The van der Waals surface area contributed by atoms with E-state index in [1.54, 1.807) is 0 Å². The molecule has 2 heterocycles. The van der Waals surface area contributed by atoms with E-state index in [0.29, 0.717) is 0 Å². The highest BCUT2D eigenvalue weighted by Crippen LogP contribution is 2.53. The molecule has 7 aromatic carbocycles. The zero-order chi connectivity index (χ0) is 32.0. The lowest BCUT2D eigenvalue weighted by atomic mass is 9.81. The minimum absolute atomic E-state index is 0.182. The smallest absolute Gasteiger partial charge is 0.159 e. The van der Waals surface area contributed by atoms with Crippen molar-refractivity contribution in [2.75, 3.05) is 0 Å². The van der Waals surface area contributed by atoms with Gasteiger partial charge < -0.3 is 4.57 Å². The van der Waals surface area contributed by atoms with E-state index in [0.717, 1.165) is 33.6 Å². The summed E-state index contributed by atoms with van der Waals surface area (Å²) in [7, 11) is 0. The lowest BCUT2D eigenvalue weighted by Gasteiger charge is -2.22. The third kappa shape index (κ3) is 3.88. The van der Waals surface area contributed by atoms with Crippen LogP contribution in [0.5, 0.6) is 0 Å². The summed E-state index contributed by atoms with van der Waals surface area (Å²) in [6, 6.07) is 52.5. The molecule has 3 nitrogen and oxygen atoms in total. The first kappa shape index (κ1) is 27.1. The molecule has 0 radical (unpaired) electrons. The van der Waals surface area contributed by atoms with Crippen LogP contribution in [0.15, 0.2) is 152 Å². The van der Waals surface area contributed by atoms with Gasteiger partial charge in [0, 0.05) is 22.1 Å². The molecule has 0 unspecified atom stereocenters. The Morgan fingerprint density at radius 1 is 0.521 bits per heavy atom. The molecule has 0 saturated carbocycles. The highest BCUT2D eigenvalue weighted by Gasteiger charge is 2.38. The average molecular weight is 614 g/mol. The first-order chi connectivity index (χ1) is 23.5. The van der Waals surface area contributed by atoms with Crippen molar-refractivity contribution >= 4 is 43.5 Å². The van der Waals surface area contributed by atoms with E-state index in [1.807, 2.05) is 6.20 Å². The second-order valence-corrected chi connectivity index (χ2v) is 13.5. The van der Waals surface area contributed by atoms with Crippen LogP contribution in [0, 0.1) is 0 Å². The van der Waals surface area contributed by atoms with Gasteiger partial charge >= 0.3 is 0 Å². The van der Waals surface area contributed by atoms with Gasteiger partial charge in [-0.3, -0.25) is 0 Å². The van der Waals surface area contributed by atoms with Crippen LogP contribution in [0.3, 0.4) is 0 Å². The highest BCUT2D eigenvalue weighted by atomic mass is 15.0. The molecule has 0 saturated heterocycles. The van der Waals surface area contributed by atoms with Crippen LogP contribution in [0.1, 0.15) is 25.0 Å². The van der Waals surface area contributed by atoms with Gasteiger partial charge in [0.25, 0.3) is 0 Å². The Kier molecular flexibility index (Phi) is 5.63. The summed E-state index contributed by atoms with van der Waals surface area (Å²) in [5.41, 5.74) is 12.8. The molecule has 226 valence electrons. The fourth-order valence-corrected chi connectivity index (χ4v) is 8.06. The molecule has 1 aliphatic carbocycles. The Morgan fingerprint density at radius 3 is 1.90 bits per heavy atom. The number of hydrogen-bond donors (Lipinski definition) is 0. The number of aromatic nitrogens is 3. The number of benzene rings is 7. The van der Waals surface area contributed by atoms with Gasteiger partial charge in [-0.15, -0.1) is 0 Å². The fourth-order valence-electron chi connectivity index (χ4n) is 8.06. The minimum Gasteiger partial charge on any atom is -0.306 e. The van der Waals surface area contributed by atoms with Crippen LogP contribution in [0.4, 0.5) is 0 Å². The first-order valence-corrected chi connectivity index (χ1v) is 16.6. The number of fused-ring (bicyclic) bond motifs is 9. The van der Waals surface area contributed by atoms with Gasteiger partial charge in [0.1, 0.15) is 5.52 Å². The third-order valence-electron chi connectivity index (χ3n) is 10.4. The van der Waals surface area contributed by atoms with Gasteiger partial charge in [0.05, 0.1) is 17.2 Å². The van der Waals surface area contributed by atoms with E-state index in [4.69, 9.17) is 9.97 Å². The quantitative estimate of drug-likeness (QED) is 0.198. The first-order valence-electron chi connectivity index (χ1n) is 16.6. The van der Waals surface area contributed by atoms with Crippen molar-refractivity contribution in [1.29, 1.82) is 0 Å². The third-order valence-corrected chi connectivity index (χ3v) is 10.4. The summed E-state index contributed by atoms with van der Waals surface area (Å²) >= 11 is 0. The van der Waals surface area contributed by atoms with E-state index >= 15 is 0 Å². The summed E-state index contributed by atoms with van der Waals surface area (Å²) in [6.45, 7) is 4.70. The molecular formula is C45H31N3. The highest BCUT2D eigenvalue weighted by molar-refractivity contribution is 6.13. The number of hydrogen-bond acceptors (Lipinski definition) is 2. The van der Waals surface area contributed by atoms with Gasteiger partial charge in [-0.25, -0.2) is 9.97 Å². The SMILES string of the molecule is CC1(C)c2ccccc2-c2ccc3c(c21)c1nc(-c2ccc4ccccc4c2)ncc1n3-c1ccc(-c2ccc3ccccc3c2)cc1. The molecule has 0 spiro atoms. The Morgan fingerprint density at radius 2 is 1.15 bits per heavy atom. The van der Waals surface area contributed by atoms with Crippen LogP contribution in [0.2, 0.25) is 0 Å². The van der Waals surface area contributed by atoms with Gasteiger partial charge in [0.15, 0.2) is 5.82 Å². The number of nitrogens with zero attached hydrogens (tertiary/aromatic N) is 3. The zero-order valence-corrected chi connectivity index (χ0v) is 26.8. The summed E-state index contributed by atoms with van der Waals surface area (Å²) in [6.07, 6.45) is 2.02.